The van der Waals surface area contributed by atoms with Gasteiger partial charge in [-0.2, -0.15) is 4.98 Å². The van der Waals surface area contributed by atoms with Crippen LogP contribution >= 0.6 is 11.6 Å². The quantitative estimate of drug-likeness (QED) is 0.639. The predicted molar refractivity (Wildman–Crippen MR) is 76.2 cm³/mol. The Balaban J connectivity index is 2.32. The Morgan fingerprint density at radius 3 is 2.63 bits per heavy atom. The summed E-state index contributed by atoms with van der Waals surface area (Å²) < 4.78 is 1.84. The van der Waals surface area contributed by atoms with Gasteiger partial charge in [-0.05, 0) is 42.6 Å². The molecule has 0 aliphatic heterocycles. The predicted octanol–water partition coefficient (Wildman–Crippen LogP) is 3.30. The maximum atomic E-state index is 6.01. The maximum absolute atomic E-state index is 6.01. The zero-order valence-electron chi connectivity index (χ0n) is 11.0. The van der Waals surface area contributed by atoms with Crippen LogP contribution in [0.2, 0.25) is 5.28 Å². The third kappa shape index (κ3) is 1.98. The number of aromatic nitrogens is 4. The molecule has 0 saturated heterocycles. The van der Waals surface area contributed by atoms with Crippen LogP contribution in [0.1, 0.15) is 11.1 Å². The number of aryl methyl sites for hydroxylation is 3. The average molecular weight is 273 g/mol. The van der Waals surface area contributed by atoms with E-state index in [1.54, 1.807) is 6.33 Å². The number of benzene rings is 1. The van der Waals surface area contributed by atoms with Crippen LogP contribution < -0.4 is 0 Å². The second kappa shape index (κ2) is 4.31. The van der Waals surface area contributed by atoms with Crippen molar-refractivity contribution in [1.82, 2.24) is 19.5 Å². The molecule has 0 radical (unpaired) electrons. The third-order valence-electron chi connectivity index (χ3n) is 3.31. The first-order valence-corrected chi connectivity index (χ1v) is 6.36. The summed E-state index contributed by atoms with van der Waals surface area (Å²) in [6.07, 6.45) is 1.72. The van der Waals surface area contributed by atoms with Gasteiger partial charge in [-0.3, -0.25) is 0 Å². The molecule has 1 aromatic carbocycles. The van der Waals surface area contributed by atoms with Crippen LogP contribution in [0, 0.1) is 13.8 Å². The first-order chi connectivity index (χ1) is 9.06. The zero-order valence-corrected chi connectivity index (χ0v) is 11.7. The van der Waals surface area contributed by atoms with Crippen molar-refractivity contribution in [2.24, 2.45) is 7.05 Å². The van der Waals surface area contributed by atoms with Crippen molar-refractivity contribution in [1.29, 1.82) is 0 Å². The molecule has 0 fully saturated rings. The minimum Gasteiger partial charge on any atom is -0.318 e. The fourth-order valence-electron chi connectivity index (χ4n) is 2.07. The van der Waals surface area contributed by atoms with Crippen LogP contribution in [-0.2, 0) is 7.05 Å². The van der Waals surface area contributed by atoms with Gasteiger partial charge in [0, 0.05) is 12.6 Å². The highest BCUT2D eigenvalue weighted by atomic mass is 35.5. The summed E-state index contributed by atoms with van der Waals surface area (Å²) in [5.74, 6) is 0. The van der Waals surface area contributed by atoms with Crippen LogP contribution in [0.5, 0.6) is 0 Å². The molecule has 0 saturated carbocycles. The van der Waals surface area contributed by atoms with Crippen molar-refractivity contribution >= 4 is 22.8 Å². The van der Waals surface area contributed by atoms with Gasteiger partial charge < -0.3 is 4.57 Å². The Labute approximate surface area is 116 Å². The molecule has 4 nitrogen and oxygen atoms in total. The van der Waals surface area contributed by atoms with Crippen molar-refractivity contribution in [3.8, 4) is 11.3 Å². The van der Waals surface area contributed by atoms with E-state index in [2.05, 4.69) is 40.9 Å². The maximum Gasteiger partial charge on any atom is 0.225 e. The molecule has 2 aromatic heterocycles. The van der Waals surface area contributed by atoms with Crippen LogP contribution in [0.3, 0.4) is 0 Å². The lowest BCUT2D eigenvalue weighted by molar-refractivity contribution is 0.928. The minimum atomic E-state index is 0.240. The Hall–Kier alpha value is -1.94. The van der Waals surface area contributed by atoms with Gasteiger partial charge in [0.05, 0.1) is 6.33 Å². The summed E-state index contributed by atoms with van der Waals surface area (Å²) in [5, 5.41) is 0.240. The molecule has 0 bridgehead atoms. The van der Waals surface area contributed by atoms with Gasteiger partial charge in [-0.1, -0.05) is 12.1 Å². The third-order valence-corrected chi connectivity index (χ3v) is 3.48. The summed E-state index contributed by atoms with van der Waals surface area (Å²) >= 11 is 6.01. The molecule has 19 heavy (non-hydrogen) atoms. The first kappa shape index (κ1) is 12.1. The highest BCUT2D eigenvalue weighted by Crippen LogP contribution is 2.27. The molecule has 0 aliphatic carbocycles. The number of nitrogens with zero attached hydrogens (tertiary/aromatic N) is 4. The number of hydrogen-bond acceptors (Lipinski definition) is 3. The number of hydrogen-bond donors (Lipinski definition) is 0. The van der Waals surface area contributed by atoms with Gasteiger partial charge in [0.1, 0.15) is 11.2 Å². The van der Waals surface area contributed by atoms with Crippen LogP contribution in [0.15, 0.2) is 24.5 Å². The fourth-order valence-corrected chi connectivity index (χ4v) is 2.23. The van der Waals surface area contributed by atoms with Gasteiger partial charge in [-0.15, -0.1) is 0 Å². The average Bonchev–Trinajstić information content (AvgIpc) is 2.74. The van der Waals surface area contributed by atoms with Crippen LogP contribution in [0.4, 0.5) is 0 Å². The lowest BCUT2D eigenvalue weighted by Gasteiger charge is -2.06. The van der Waals surface area contributed by atoms with Crippen LogP contribution in [0.25, 0.3) is 22.4 Å². The molecule has 5 heteroatoms. The normalized spacial score (nSPS) is 11.2. The highest BCUT2D eigenvalue weighted by molar-refractivity contribution is 6.28. The fraction of sp³-hybridized carbons (Fsp3) is 0.214. The van der Waals surface area contributed by atoms with Gasteiger partial charge in [0.25, 0.3) is 0 Å². The second-order valence-corrected chi connectivity index (χ2v) is 5.01. The summed E-state index contributed by atoms with van der Waals surface area (Å²) in [4.78, 5) is 12.9. The van der Waals surface area contributed by atoms with E-state index in [9.17, 15) is 0 Å². The highest BCUT2D eigenvalue weighted by Gasteiger charge is 2.13. The summed E-state index contributed by atoms with van der Waals surface area (Å²) in [5.41, 5.74) is 5.77. The Morgan fingerprint density at radius 1 is 1.11 bits per heavy atom. The van der Waals surface area contributed by atoms with Crippen LogP contribution in [-0.4, -0.2) is 19.5 Å². The molecule has 0 unspecified atom stereocenters. The van der Waals surface area contributed by atoms with E-state index < -0.39 is 0 Å². The van der Waals surface area contributed by atoms with Crippen molar-refractivity contribution < 1.29 is 0 Å². The molecule has 0 N–H and O–H groups in total. The number of halogens is 1. The van der Waals surface area contributed by atoms with E-state index >= 15 is 0 Å². The van der Waals surface area contributed by atoms with E-state index in [4.69, 9.17) is 11.6 Å². The van der Waals surface area contributed by atoms with E-state index in [0.29, 0.717) is 0 Å². The first-order valence-electron chi connectivity index (χ1n) is 5.98. The minimum absolute atomic E-state index is 0.240. The number of rotatable bonds is 1. The van der Waals surface area contributed by atoms with Gasteiger partial charge in [0.2, 0.25) is 5.28 Å². The van der Waals surface area contributed by atoms with Crippen molar-refractivity contribution in [2.45, 2.75) is 13.8 Å². The SMILES string of the molecule is Cc1ccc(-c2nc(Cl)nc3c2ncn3C)cc1C. The Bertz CT molecular complexity index is 776. The summed E-state index contributed by atoms with van der Waals surface area (Å²) in [6.45, 7) is 4.17. The van der Waals surface area contributed by atoms with Gasteiger partial charge >= 0.3 is 0 Å². The molecular formula is C14H13ClN4. The standard InChI is InChI=1S/C14H13ClN4/c1-8-4-5-10(6-9(8)2)11-12-13(18-14(15)17-11)19(3)7-16-12/h4-7H,1-3H3. The molecule has 0 amide bonds. The molecule has 3 rings (SSSR count). The second-order valence-electron chi connectivity index (χ2n) is 4.67. The molecule has 3 aromatic rings. The smallest absolute Gasteiger partial charge is 0.225 e. The Morgan fingerprint density at radius 2 is 1.89 bits per heavy atom. The van der Waals surface area contributed by atoms with Gasteiger partial charge in [-0.25, -0.2) is 9.97 Å². The summed E-state index contributed by atoms with van der Waals surface area (Å²) in [7, 11) is 1.89. The summed E-state index contributed by atoms with van der Waals surface area (Å²) in [6, 6.07) is 6.21. The van der Waals surface area contributed by atoms with E-state index in [-0.39, 0.29) is 5.28 Å². The lowest BCUT2D eigenvalue weighted by Crippen LogP contribution is -1.94. The molecular weight excluding hydrogens is 260 g/mol. The van der Waals surface area contributed by atoms with Crippen molar-refractivity contribution in [2.75, 3.05) is 0 Å². The van der Waals surface area contributed by atoms with Crippen molar-refractivity contribution in [3.63, 3.8) is 0 Å². The topological polar surface area (TPSA) is 43.6 Å². The molecule has 2 heterocycles. The van der Waals surface area contributed by atoms with E-state index in [1.165, 1.54) is 11.1 Å². The van der Waals surface area contributed by atoms with Gasteiger partial charge in [0.15, 0.2) is 5.65 Å². The lowest BCUT2D eigenvalue weighted by atomic mass is 10.0. The number of fused-ring (bicyclic) bond motifs is 1. The van der Waals surface area contributed by atoms with Crippen molar-refractivity contribution in [3.05, 3.63) is 40.9 Å². The monoisotopic (exact) mass is 272 g/mol. The van der Waals surface area contributed by atoms with E-state index in [0.717, 1.165) is 22.4 Å². The molecule has 0 spiro atoms. The van der Waals surface area contributed by atoms with E-state index in [1.807, 2.05) is 17.7 Å². The Kier molecular flexibility index (Phi) is 2.75. The molecule has 0 aliphatic rings. The number of imidazole rings is 1. The molecule has 96 valence electrons. The largest absolute Gasteiger partial charge is 0.318 e. The molecule has 0 atom stereocenters. The zero-order chi connectivity index (χ0) is 13.6.